The van der Waals surface area contributed by atoms with Crippen LogP contribution in [0.15, 0.2) is 42.6 Å². The Hall–Kier alpha value is -2.05. The number of carbonyl (C=O) groups is 1. The topological polar surface area (TPSA) is 54.5 Å². The SMILES string of the molecule is CSCc1ccc(C(=O)NCc2ccc(N3CC(C)OC(C)C3)nc2)cc1. The Morgan fingerprint density at radius 2 is 1.81 bits per heavy atom. The number of aromatic nitrogens is 1. The van der Waals surface area contributed by atoms with Crippen molar-refractivity contribution in [3.63, 3.8) is 0 Å². The van der Waals surface area contributed by atoms with Gasteiger partial charge in [-0.1, -0.05) is 18.2 Å². The van der Waals surface area contributed by atoms with Crippen LogP contribution in [-0.2, 0) is 17.0 Å². The second-order valence-corrected chi connectivity index (χ2v) is 7.87. The van der Waals surface area contributed by atoms with Crippen molar-refractivity contribution in [1.82, 2.24) is 10.3 Å². The van der Waals surface area contributed by atoms with Crippen molar-refractivity contribution in [1.29, 1.82) is 0 Å². The Balaban J connectivity index is 1.54. The highest BCUT2D eigenvalue weighted by molar-refractivity contribution is 7.97. The maximum absolute atomic E-state index is 12.3. The molecule has 27 heavy (non-hydrogen) atoms. The van der Waals surface area contributed by atoms with E-state index in [1.54, 1.807) is 11.8 Å². The highest BCUT2D eigenvalue weighted by atomic mass is 32.2. The number of nitrogens with zero attached hydrogens (tertiary/aromatic N) is 2. The number of thioether (sulfide) groups is 1. The third-order valence-electron chi connectivity index (χ3n) is 4.53. The van der Waals surface area contributed by atoms with Gasteiger partial charge in [-0.25, -0.2) is 4.98 Å². The molecule has 3 rings (SSSR count). The number of hydrogen-bond donors (Lipinski definition) is 1. The lowest BCUT2D eigenvalue weighted by molar-refractivity contribution is -0.00546. The van der Waals surface area contributed by atoms with Crippen molar-refractivity contribution < 1.29 is 9.53 Å². The highest BCUT2D eigenvalue weighted by Gasteiger charge is 2.22. The maximum atomic E-state index is 12.3. The Bertz CT molecular complexity index is 739. The van der Waals surface area contributed by atoms with E-state index in [9.17, 15) is 4.79 Å². The maximum Gasteiger partial charge on any atom is 0.251 e. The fourth-order valence-corrected chi connectivity index (χ4v) is 3.80. The summed E-state index contributed by atoms with van der Waals surface area (Å²) in [6, 6.07) is 11.8. The van der Waals surface area contributed by atoms with Crippen molar-refractivity contribution in [3.8, 4) is 0 Å². The number of benzene rings is 1. The van der Waals surface area contributed by atoms with Crippen molar-refractivity contribution >= 4 is 23.5 Å². The molecule has 0 bridgehead atoms. The molecule has 1 fully saturated rings. The Kier molecular flexibility index (Phi) is 6.74. The molecule has 1 aliphatic rings. The van der Waals surface area contributed by atoms with Gasteiger partial charge in [0.05, 0.1) is 12.2 Å². The van der Waals surface area contributed by atoms with Crippen LogP contribution in [-0.4, -0.2) is 42.4 Å². The van der Waals surface area contributed by atoms with Gasteiger partial charge in [-0.3, -0.25) is 4.79 Å². The lowest BCUT2D eigenvalue weighted by Crippen LogP contribution is -2.45. The molecule has 1 aliphatic heterocycles. The molecule has 1 aromatic heterocycles. The number of rotatable bonds is 6. The Morgan fingerprint density at radius 3 is 2.41 bits per heavy atom. The van der Waals surface area contributed by atoms with Crippen molar-refractivity contribution in [2.45, 2.75) is 38.4 Å². The zero-order valence-electron chi connectivity index (χ0n) is 16.1. The summed E-state index contributed by atoms with van der Waals surface area (Å²) in [4.78, 5) is 19.1. The van der Waals surface area contributed by atoms with Crippen molar-refractivity contribution in [2.24, 2.45) is 0 Å². The molecular formula is C21H27N3O2S. The quantitative estimate of drug-likeness (QED) is 0.825. The number of hydrogen-bond acceptors (Lipinski definition) is 5. The zero-order valence-corrected chi connectivity index (χ0v) is 17.0. The summed E-state index contributed by atoms with van der Waals surface area (Å²) in [5.41, 5.74) is 2.90. The van der Waals surface area contributed by atoms with Crippen LogP contribution in [0.2, 0.25) is 0 Å². The van der Waals surface area contributed by atoms with Gasteiger partial charge in [-0.15, -0.1) is 0 Å². The van der Waals surface area contributed by atoms with Crippen LogP contribution in [0.25, 0.3) is 0 Å². The molecule has 2 aromatic rings. The Labute approximate surface area is 165 Å². The molecule has 0 radical (unpaired) electrons. The minimum absolute atomic E-state index is 0.0643. The first-order valence-electron chi connectivity index (χ1n) is 9.26. The summed E-state index contributed by atoms with van der Waals surface area (Å²) in [6.45, 7) is 6.33. The molecule has 6 heteroatoms. The van der Waals surface area contributed by atoms with Crippen LogP contribution in [0.5, 0.6) is 0 Å². The van der Waals surface area contributed by atoms with Gasteiger partial charge in [0.2, 0.25) is 0 Å². The van der Waals surface area contributed by atoms with Crippen LogP contribution in [0, 0.1) is 0 Å². The minimum atomic E-state index is -0.0643. The fraction of sp³-hybridized carbons (Fsp3) is 0.429. The number of ether oxygens (including phenoxy) is 1. The first-order chi connectivity index (χ1) is 13.0. The van der Waals surface area contributed by atoms with Gasteiger partial charge in [-0.05, 0) is 49.4 Å². The predicted molar refractivity (Wildman–Crippen MR) is 111 cm³/mol. The second-order valence-electron chi connectivity index (χ2n) is 7.00. The van der Waals surface area contributed by atoms with E-state index in [-0.39, 0.29) is 18.1 Å². The molecule has 0 aliphatic carbocycles. The number of nitrogens with one attached hydrogen (secondary N) is 1. The number of amides is 1. The van der Waals surface area contributed by atoms with E-state index in [1.165, 1.54) is 5.56 Å². The van der Waals surface area contributed by atoms with E-state index < -0.39 is 0 Å². The minimum Gasteiger partial charge on any atom is -0.372 e. The lowest BCUT2D eigenvalue weighted by Gasteiger charge is -2.36. The average molecular weight is 386 g/mol. The molecule has 0 saturated carbocycles. The summed E-state index contributed by atoms with van der Waals surface area (Å²) in [5, 5.41) is 2.96. The summed E-state index contributed by atoms with van der Waals surface area (Å²) in [6.07, 6.45) is 4.32. The monoisotopic (exact) mass is 385 g/mol. The molecule has 1 amide bonds. The fourth-order valence-electron chi connectivity index (χ4n) is 3.28. The first-order valence-corrected chi connectivity index (χ1v) is 10.7. The molecular weight excluding hydrogens is 358 g/mol. The van der Waals surface area contributed by atoms with Crippen molar-refractivity contribution in [3.05, 3.63) is 59.3 Å². The van der Waals surface area contributed by atoms with Crippen LogP contribution in [0.4, 0.5) is 5.82 Å². The molecule has 2 heterocycles. The largest absolute Gasteiger partial charge is 0.372 e. The zero-order chi connectivity index (χ0) is 19.2. The van der Waals surface area contributed by atoms with Crippen LogP contribution in [0.1, 0.15) is 35.3 Å². The lowest BCUT2D eigenvalue weighted by atomic mass is 10.1. The first kappa shape index (κ1) is 19.7. The third kappa shape index (κ3) is 5.47. The molecule has 2 atom stereocenters. The molecule has 144 valence electrons. The summed E-state index contributed by atoms with van der Waals surface area (Å²) < 4.78 is 5.77. The molecule has 5 nitrogen and oxygen atoms in total. The van der Waals surface area contributed by atoms with Gasteiger partial charge in [0.25, 0.3) is 5.91 Å². The van der Waals surface area contributed by atoms with E-state index in [2.05, 4.69) is 35.3 Å². The van der Waals surface area contributed by atoms with E-state index in [1.807, 2.05) is 42.6 Å². The normalized spacial score (nSPS) is 19.7. The standard InChI is InChI=1S/C21H27N3O2S/c1-15-12-24(13-16(2)26-15)20-9-6-18(10-22-20)11-23-21(25)19-7-4-17(5-8-19)14-27-3/h4-10,15-16H,11-14H2,1-3H3,(H,23,25). The summed E-state index contributed by atoms with van der Waals surface area (Å²) in [7, 11) is 0. The number of carbonyl (C=O) groups excluding carboxylic acids is 1. The highest BCUT2D eigenvalue weighted by Crippen LogP contribution is 2.18. The predicted octanol–water partition coefficient (Wildman–Crippen LogP) is 3.49. The van der Waals surface area contributed by atoms with E-state index in [4.69, 9.17) is 4.74 Å². The van der Waals surface area contributed by atoms with E-state index >= 15 is 0 Å². The van der Waals surface area contributed by atoms with Crippen molar-refractivity contribution in [2.75, 3.05) is 24.2 Å². The molecule has 1 N–H and O–H groups in total. The van der Waals surface area contributed by atoms with Gasteiger partial charge in [0.1, 0.15) is 5.82 Å². The van der Waals surface area contributed by atoms with Gasteiger partial charge >= 0.3 is 0 Å². The van der Waals surface area contributed by atoms with Crippen LogP contribution in [0.3, 0.4) is 0 Å². The number of pyridine rings is 1. The second kappa shape index (κ2) is 9.24. The van der Waals surface area contributed by atoms with E-state index in [0.29, 0.717) is 12.1 Å². The molecule has 2 unspecified atom stereocenters. The van der Waals surface area contributed by atoms with Gasteiger partial charge < -0.3 is 15.0 Å². The third-order valence-corrected chi connectivity index (χ3v) is 5.15. The summed E-state index contributed by atoms with van der Waals surface area (Å²) in [5.74, 6) is 1.85. The van der Waals surface area contributed by atoms with Gasteiger partial charge in [0, 0.05) is 37.1 Å². The van der Waals surface area contributed by atoms with Crippen LogP contribution < -0.4 is 10.2 Å². The van der Waals surface area contributed by atoms with Gasteiger partial charge in [-0.2, -0.15) is 11.8 Å². The molecule has 1 aromatic carbocycles. The van der Waals surface area contributed by atoms with Gasteiger partial charge in [0.15, 0.2) is 0 Å². The number of morpholine rings is 1. The average Bonchev–Trinajstić information content (AvgIpc) is 2.66. The number of anilines is 1. The molecule has 0 spiro atoms. The van der Waals surface area contributed by atoms with E-state index in [0.717, 1.165) is 30.2 Å². The summed E-state index contributed by atoms with van der Waals surface area (Å²) >= 11 is 1.77. The smallest absolute Gasteiger partial charge is 0.251 e. The Morgan fingerprint density at radius 1 is 1.15 bits per heavy atom. The van der Waals surface area contributed by atoms with Crippen LogP contribution >= 0.6 is 11.8 Å². The molecule has 1 saturated heterocycles.